The number of piperazine rings is 1. The number of halogens is 2. The van der Waals surface area contributed by atoms with Crippen LogP contribution < -0.4 is 4.90 Å². The first-order valence-electron chi connectivity index (χ1n) is 8.97. The van der Waals surface area contributed by atoms with E-state index in [4.69, 9.17) is 11.6 Å². The van der Waals surface area contributed by atoms with Gasteiger partial charge in [-0.05, 0) is 37.1 Å². The summed E-state index contributed by atoms with van der Waals surface area (Å²) < 4.78 is 13.4. The van der Waals surface area contributed by atoms with Crippen LogP contribution in [0.25, 0.3) is 0 Å². The second-order valence-corrected chi connectivity index (χ2v) is 7.28. The van der Waals surface area contributed by atoms with Crippen molar-refractivity contribution in [2.75, 3.05) is 24.5 Å². The molecule has 4 rings (SSSR count). The average molecular weight is 381 g/mol. The Hall–Kier alpha value is -2.60. The molecule has 1 aromatic carbocycles. The summed E-state index contributed by atoms with van der Waals surface area (Å²) in [5.74, 6) is 6.73. The van der Waals surface area contributed by atoms with Gasteiger partial charge >= 0.3 is 0 Å². The Morgan fingerprint density at radius 2 is 2.11 bits per heavy atom. The molecule has 6 heteroatoms. The Morgan fingerprint density at radius 3 is 2.93 bits per heavy atom. The van der Waals surface area contributed by atoms with Crippen molar-refractivity contribution >= 4 is 17.4 Å². The lowest BCUT2D eigenvalue weighted by Crippen LogP contribution is -2.52. The van der Waals surface area contributed by atoms with E-state index in [-0.39, 0.29) is 6.04 Å². The lowest BCUT2D eigenvalue weighted by atomic mass is 10.1. The number of pyridine rings is 1. The third kappa shape index (κ3) is 3.76. The van der Waals surface area contributed by atoms with Gasteiger partial charge in [0.05, 0.1) is 17.8 Å². The Labute approximate surface area is 163 Å². The minimum absolute atomic E-state index is 0.229. The van der Waals surface area contributed by atoms with Gasteiger partial charge in [-0.25, -0.2) is 9.37 Å². The second-order valence-electron chi connectivity index (χ2n) is 6.85. The van der Waals surface area contributed by atoms with Gasteiger partial charge in [0.2, 0.25) is 0 Å². The number of anilines is 1. The molecule has 0 spiro atoms. The van der Waals surface area contributed by atoms with E-state index in [0.29, 0.717) is 22.4 Å². The van der Waals surface area contributed by atoms with Crippen LogP contribution in [-0.4, -0.2) is 41.6 Å². The average Bonchev–Trinajstić information content (AvgIpc) is 3.08. The van der Waals surface area contributed by atoms with Crippen LogP contribution in [0.3, 0.4) is 0 Å². The number of hydrogen-bond acceptors (Lipinski definition) is 4. The summed E-state index contributed by atoms with van der Waals surface area (Å²) in [6, 6.07) is 11.5. The first-order chi connectivity index (χ1) is 13.1. The number of nitriles is 1. The number of fused-ring (bicyclic) bond motifs is 1. The highest BCUT2D eigenvalue weighted by Crippen LogP contribution is 2.30. The van der Waals surface area contributed by atoms with E-state index in [0.717, 1.165) is 38.0 Å². The van der Waals surface area contributed by atoms with Crippen molar-refractivity contribution in [1.82, 2.24) is 9.88 Å². The molecular formula is C21H18ClFN4. The van der Waals surface area contributed by atoms with Gasteiger partial charge in [0.25, 0.3) is 0 Å². The zero-order valence-electron chi connectivity index (χ0n) is 14.7. The van der Waals surface area contributed by atoms with Gasteiger partial charge in [-0.1, -0.05) is 29.5 Å². The van der Waals surface area contributed by atoms with Crippen molar-refractivity contribution in [1.29, 1.82) is 5.26 Å². The lowest BCUT2D eigenvalue weighted by molar-refractivity contribution is 0.202. The Bertz CT molecular complexity index is 959. The maximum Gasteiger partial charge on any atom is 0.146 e. The van der Waals surface area contributed by atoms with Crippen molar-refractivity contribution in [3.8, 4) is 17.9 Å². The number of nitrogens with zero attached hydrogens (tertiary/aromatic N) is 4. The molecular weight excluding hydrogens is 363 g/mol. The van der Waals surface area contributed by atoms with Gasteiger partial charge in [-0.2, -0.15) is 5.26 Å². The van der Waals surface area contributed by atoms with Crippen LogP contribution in [0.4, 0.5) is 10.2 Å². The molecule has 0 radical (unpaired) electrons. The summed E-state index contributed by atoms with van der Waals surface area (Å²) in [5.41, 5.74) is 1.22. The fourth-order valence-electron chi connectivity index (χ4n) is 3.90. The van der Waals surface area contributed by atoms with E-state index in [1.807, 2.05) is 24.3 Å². The van der Waals surface area contributed by atoms with Gasteiger partial charge in [-0.15, -0.1) is 0 Å². The quantitative estimate of drug-likeness (QED) is 0.711. The SMILES string of the molecule is N#Cc1cc(F)cnc1N1CCN2[C@@H](CC[C@@H]2C#Cc2cccc(Cl)c2)C1. The van der Waals surface area contributed by atoms with Gasteiger partial charge in [0.1, 0.15) is 17.7 Å². The molecule has 1 aromatic heterocycles. The van der Waals surface area contributed by atoms with E-state index in [1.165, 1.54) is 12.3 Å². The van der Waals surface area contributed by atoms with Crippen LogP contribution in [0.15, 0.2) is 36.5 Å². The first kappa shape index (κ1) is 17.8. The van der Waals surface area contributed by atoms with Gasteiger partial charge in [-0.3, -0.25) is 4.90 Å². The maximum absolute atomic E-state index is 13.4. The number of benzene rings is 1. The molecule has 2 atom stereocenters. The summed E-state index contributed by atoms with van der Waals surface area (Å²) in [4.78, 5) is 8.68. The molecule has 0 N–H and O–H groups in total. The Kier molecular flexibility index (Phi) is 4.99. The van der Waals surface area contributed by atoms with E-state index in [2.05, 4.69) is 32.7 Å². The minimum atomic E-state index is -0.480. The number of hydrogen-bond donors (Lipinski definition) is 0. The standard InChI is InChI=1S/C21H18ClFN4/c22-17-3-1-2-15(10-17)4-5-19-6-7-20-14-26(8-9-27(19)20)21-16(12-24)11-18(23)13-25-21/h1-3,10-11,13,19-20H,6-9,14H2/t19-,20-/m0/s1. The topological polar surface area (TPSA) is 43.2 Å². The van der Waals surface area contributed by atoms with Crippen LogP contribution in [0.5, 0.6) is 0 Å². The number of aromatic nitrogens is 1. The minimum Gasteiger partial charge on any atom is -0.353 e. The highest BCUT2D eigenvalue weighted by Gasteiger charge is 2.37. The van der Waals surface area contributed by atoms with Gasteiger partial charge in [0, 0.05) is 36.3 Å². The van der Waals surface area contributed by atoms with Crippen molar-refractivity contribution in [2.45, 2.75) is 24.9 Å². The molecule has 4 nitrogen and oxygen atoms in total. The zero-order chi connectivity index (χ0) is 18.8. The normalized spacial score (nSPS) is 21.9. The predicted molar refractivity (Wildman–Crippen MR) is 103 cm³/mol. The molecule has 0 amide bonds. The molecule has 0 bridgehead atoms. The molecule has 0 aliphatic carbocycles. The smallest absolute Gasteiger partial charge is 0.146 e. The van der Waals surface area contributed by atoms with Crippen molar-refractivity contribution in [3.63, 3.8) is 0 Å². The molecule has 2 aromatic rings. The molecule has 0 unspecified atom stereocenters. The molecule has 2 aliphatic rings. The molecule has 2 fully saturated rings. The molecule has 0 saturated carbocycles. The molecule has 136 valence electrons. The third-order valence-electron chi connectivity index (χ3n) is 5.16. The third-order valence-corrected chi connectivity index (χ3v) is 5.40. The van der Waals surface area contributed by atoms with Gasteiger partial charge < -0.3 is 4.90 Å². The summed E-state index contributed by atoms with van der Waals surface area (Å²) in [7, 11) is 0. The van der Waals surface area contributed by atoms with Crippen LogP contribution in [0, 0.1) is 29.0 Å². The predicted octanol–water partition coefficient (Wildman–Crippen LogP) is 3.45. The van der Waals surface area contributed by atoms with Crippen LogP contribution in [0.2, 0.25) is 5.02 Å². The van der Waals surface area contributed by atoms with E-state index in [1.54, 1.807) is 0 Å². The van der Waals surface area contributed by atoms with Crippen LogP contribution in [0.1, 0.15) is 24.0 Å². The number of rotatable bonds is 1. The second kappa shape index (κ2) is 7.56. The highest BCUT2D eigenvalue weighted by atomic mass is 35.5. The summed E-state index contributed by atoms with van der Waals surface area (Å²) in [6.07, 6.45) is 3.25. The summed E-state index contributed by atoms with van der Waals surface area (Å²) >= 11 is 6.02. The highest BCUT2D eigenvalue weighted by molar-refractivity contribution is 6.30. The molecule has 27 heavy (non-hydrogen) atoms. The van der Waals surface area contributed by atoms with Crippen molar-refractivity contribution in [2.24, 2.45) is 0 Å². The largest absolute Gasteiger partial charge is 0.353 e. The summed E-state index contributed by atoms with van der Waals surface area (Å²) in [5, 5.41) is 9.97. The fourth-order valence-corrected chi connectivity index (χ4v) is 4.09. The van der Waals surface area contributed by atoms with E-state index < -0.39 is 5.82 Å². The zero-order valence-corrected chi connectivity index (χ0v) is 15.5. The molecule has 3 heterocycles. The van der Waals surface area contributed by atoms with Gasteiger partial charge in [0.15, 0.2) is 0 Å². The monoisotopic (exact) mass is 380 g/mol. The van der Waals surface area contributed by atoms with Crippen LogP contribution >= 0.6 is 11.6 Å². The van der Waals surface area contributed by atoms with E-state index in [9.17, 15) is 9.65 Å². The fraction of sp³-hybridized carbons (Fsp3) is 0.333. The first-order valence-corrected chi connectivity index (χ1v) is 9.35. The molecule has 2 aliphatic heterocycles. The Balaban J connectivity index is 1.47. The molecule has 2 saturated heterocycles. The van der Waals surface area contributed by atoms with Crippen molar-refractivity contribution < 1.29 is 4.39 Å². The Morgan fingerprint density at radius 1 is 1.22 bits per heavy atom. The van der Waals surface area contributed by atoms with Crippen LogP contribution in [-0.2, 0) is 0 Å². The lowest BCUT2D eigenvalue weighted by Gasteiger charge is -2.39. The summed E-state index contributed by atoms with van der Waals surface area (Å²) in [6.45, 7) is 2.38. The maximum atomic E-state index is 13.4. The van der Waals surface area contributed by atoms with Crippen molar-refractivity contribution in [3.05, 3.63) is 58.5 Å². The van der Waals surface area contributed by atoms with E-state index >= 15 is 0 Å².